The minimum Gasteiger partial charge on any atom is -0.355 e. The van der Waals surface area contributed by atoms with Crippen molar-refractivity contribution in [2.24, 2.45) is 0 Å². The second kappa shape index (κ2) is 2.30. The summed E-state index contributed by atoms with van der Waals surface area (Å²) >= 11 is 3.07. The lowest BCUT2D eigenvalue weighted by molar-refractivity contribution is 0.451. The predicted octanol–water partition coefficient (Wildman–Crippen LogP) is 2.73. The average Bonchev–Trinajstić information content (AvgIpc) is 2.34. The van der Waals surface area contributed by atoms with E-state index in [2.05, 4.69) is 21.1 Å². The number of nitrogens with zero attached hydrogens (tertiary/aromatic N) is 1. The first-order valence-electron chi connectivity index (χ1n) is 2.98. The third kappa shape index (κ3) is 0.939. The first-order chi connectivity index (χ1) is 5.29. The lowest BCUT2D eigenvalue weighted by Crippen LogP contribution is -1.73. The predicted molar refractivity (Wildman–Crippen MR) is 41.7 cm³/mol. The fourth-order valence-electron chi connectivity index (χ4n) is 0.916. The second-order valence-corrected chi connectivity index (χ2v) is 2.84. The topological polar surface area (TPSA) is 26.0 Å². The minimum absolute atomic E-state index is 0.323. The molecule has 1 aromatic carbocycles. The first kappa shape index (κ1) is 6.79. The molecule has 11 heavy (non-hydrogen) atoms. The van der Waals surface area contributed by atoms with Crippen LogP contribution in [0.1, 0.15) is 0 Å². The highest BCUT2D eigenvalue weighted by atomic mass is 79.9. The van der Waals surface area contributed by atoms with Gasteiger partial charge in [0.25, 0.3) is 0 Å². The summed E-state index contributed by atoms with van der Waals surface area (Å²) in [6, 6.07) is 4.61. The van der Waals surface area contributed by atoms with Crippen LogP contribution in [0.25, 0.3) is 11.0 Å². The Morgan fingerprint density at radius 3 is 3.00 bits per heavy atom. The Kier molecular flexibility index (Phi) is 1.42. The molecule has 0 spiro atoms. The molecule has 2 nitrogen and oxygen atoms in total. The van der Waals surface area contributed by atoms with Gasteiger partial charge in [0, 0.05) is 0 Å². The number of hydrogen-bond acceptors (Lipinski definition) is 2. The van der Waals surface area contributed by atoms with Gasteiger partial charge in [-0.1, -0.05) is 11.2 Å². The summed E-state index contributed by atoms with van der Waals surface area (Å²) < 4.78 is 18.2. The summed E-state index contributed by atoms with van der Waals surface area (Å²) in [4.78, 5) is 0. The molecule has 0 saturated carbocycles. The number of hydrogen-bond donors (Lipinski definition) is 0. The van der Waals surface area contributed by atoms with Gasteiger partial charge in [-0.2, -0.15) is 0 Å². The zero-order valence-corrected chi connectivity index (χ0v) is 6.93. The van der Waals surface area contributed by atoms with E-state index in [1.54, 1.807) is 12.1 Å². The minimum atomic E-state index is -0.323. The molecular weight excluding hydrogens is 213 g/mol. The van der Waals surface area contributed by atoms with Gasteiger partial charge in [-0.15, -0.1) is 0 Å². The number of rotatable bonds is 0. The third-order valence-corrected chi connectivity index (χ3v) is 1.95. The van der Waals surface area contributed by atoms with Crippen LogP contribution in [0.3, 0.4) is 0 Å². The monoisotopic (exact) mass is 215 g/mol. The molecule has 2 rings (SSSR count). The normalized spacial score (nSPS) is 10.7. The van der Waals surface area contributed by atoms with Gasteiger partial charge >= 0.3 is 0 Å². The highest BCUT2D eigenvalue weighted by molar-refractivity contribution is 9.10. The zero-order chi connectivity index (χ0) is 7.84. The molecule has 0 aliphatic carbocycles. The molecule has 0 radical (unpaired) electrons. The van der Waals surface area contributed by atoms with E-state index in [4.69, 9.17) is 4.52 Å². The largest absolute Gasteiger partial charge is 0.355 e. The number of benzene rings is 1. The van der Waals surface area contributed by atoms with Gasteiger partial charge in [0.15, 0.2) is 10.2 Å². The lowest BCUT2D eigenvalue weighted by atomic mass is 10.3. The van der Waals surface area contributed by atoms with E-state index in [1.165, 1.54) is 6.07 Å². The first-order valence-corrected chi connectivity index (χ1v) is 3.78. The van der Waals surface area contributed by atoms with Crippen LogP contribution in [0.5, 0.6) is 0 Å². The van der Waals surface area contributed by atoms with E-state index >= 15 is 0 Å². The van der Waals surface area contributed by atoms with Gasteiger partial charge in [-0.25, -0.2) is 4.39 Å². The van der Waals surface area contributed by atoms with Crippen LogP contribution in [-0.2, 0) is 0 Å². The van der Waals surface area contributed by atoms with Crippen molar-refractivity contribution < 1.29 is 8.91 Å². The Balaban J connectivity index is 2.96. The van der Waals surface area contributed by atoms with Crippen molar-refractivity contribution in [3.8, 4) is 0 Å². The van der Waals surface area contributed by atoms with Crippen molar-refractivity contribution in [1.82, 2.24) is 5.16 Å². The Morgan fingerprint density at radius 1 is 1.45 bits per heavy atom. The summed E-state index contributed by atoms with van der Waals surface area (Å²) in [6.45, 7) is 0. The van der Waals surface area contributed by atoms with E-state index in [0.717, 1.165) is 0 Å². The van der Waals surface area contributed by atoms with Gasteiger partial charge in [0.2, 0.25) is 0 Å². The fourth-order valence-corrected chi connectivity index (χ4v) is 1.37. The summed E-state index contributed by atoms with van der Waals surface area (Å²) in [7, 11) is 0. The summed E-state index contributed by atoms with van der Waals surface area (Å²) in [5, 5.41) is 3.95. The molecule has 0 bridgehead atoms. The standard InChI is InChI=1S/C7H3BrFNO/c8-7-6-4(9)2-1-3-5(6)11-10-7/h1-3H. The highest BCUT2D eigenvalue weighted by Crippen LogP contribution is 2.24. The SMILES string of the molecule is Fc1cccc2onc(Br)c12. The van der Waals surface area contributed by atoms with Crippen LogP contribution in [-0.4, -0.2) is 5.16 Å². The molecule has 2 aromatic rings. The number of fused-ring (bicyclic) bond motifs is 1. The Morgan fingerprint density at radius 2 is 2.27 bits per heavy atom. The van der Waals surface area contributed by atoms with Crippen LogP contribution in [0.2, 0.25) is 0 Å². The van der Waals surface area contributed by atoms with Gasteiger partial charge in [0.1, 0.15) is 5.82 Å². The molecule has 0 amide bonds. The van der Waals surface area contributed by atoms with Crippen molar-refractivity contribution in [3.05, 3.63) is 28.6 Å². The van der Waals surface area contributed by atoms with Crippen LogP contribution in [0.15, 0.2) is 27.3 Å². The van der Waals surface area contributed by atoms with Crippen molar-refractivity contribution in [3.63, 3.8) is 0 Å². The number of halogens is 2. The molecule has 1 aromatic heterocycles. The second-order valence-electron chi connectivity index (χ2n) is 2.09. The molecule has 4 heteroatoms. The number of aromatic nitrogens is 1. The molecule has 0 atom stereocenters. The summed E-state index contributed by atoms with van der Waals surface area (Å²) in [5.74, 6) is -0.323. The molecular formula is C7H3BrFNO. The summed E-state index contributed by atoms with van der Waals surface area (Å²) in [6.07, 6.45) is 0. The zero-order valence-electron chi connectivity index (χ0n) is 5.34. The van der Waals surface area contributed by atoms with Gasteiger partial charge in [0.05, 0.1) is 5.39 Å². The summed E-state index contributed by atoms with van der Waals surface area (Å²) in [5.41, 5.74) is 0.455. The molecule has 0 unspecified atom stereocenters. The Labute approximate surface area is 70.1 Å². The molecule has 0 aliphatic rings. The molecule has 0 N–H and O–H groups in total. The molecule has 0 fully saturated rings. The Bertz CT molecular complexity index is 398. The van der Waals surface area contributed by atoms with Gasteiger partial charge < -0.3 is 4.52 Å². The van der Waals surface area contributed by atoms with Crippen molar-refractivity contribution in [1.29, 1.82) is 0 Å². The van der Waals surface area contributed by atoms with E-state index in [9.17, 15) is 4.39 Å². The lowest BCUT2D eigenvalue weighted by Gasteiger charge is -1.86. The van der Waals surface area contributed by atoms with Crippen molar-refractivity contribution in [2.75, 3.05) is 0 Å². The fraction of sp³-hybridized carbons (Fsp3) is 0. The molecule has 0 aliphatic heterocycles. The smallest absolute Gasteiger partial charge is 0.171 e. The van der Waals surface area contributed by atoms with Crippen molar-refractivity contribution >= 4 is 26.9 Å². The maximum atomic E-state index is 13.0. The molecule has 56 valence electrons. The average molecular weight is 216 g/mol. The van der Waals surface area contributed by atoms with E-state index in [-0.39, 0.29) is 5.82 Å². The Hall–Kier alpha value is -0.900. The maximum absolute atomic E-state index is 13.0. The quantitative estimate of drug-likeness (QED) is 0.676. The highest BCUT2D eigenvalue weighted by Gasteiger charge is 2.08. The maximum Gasteiger partial charge on any atom is 0.171 e. The van der Waals surface area contributed by atoms with Gasteiger partial charge in [-0.05, 0) is 28.1 Å². The van der Waals surface area contributed by atoms with Crippen LogP contribution >= 0.6 is 15.9 Å². The van der Waals surface area contributed by atoms with E-state index in [0.29, 0.717) is 15.6 Å². The van der Waals surface area contributed by atoms with Gasteiger partial charge in [-0.3, -0.25) is 0 Å². The van der Waals surface area contributed by atoms with Crippen LogP contribution < -0.4 is 0 Å². The van der Waals surface area contributed by atoms with E-state index in [1.807, 2.05) is 0 Å². The third-order valence-electron chi connectivity index (χ3n) is 1.41. The molecule has 1 heterocycles. The molecule has 0 saturated heterocycles. The van der Waals surface area contributed by atoms with E-state index < -0.39 is 0 Å². The van der Waals surface area contributed by atoms with Crippen molar-refractivity contribution in [2.45, 2.75) is 0 Å². The van der Waals surface area contributed by atoms with Crippen LogP contribution in [0.4, 0.5) is 4.39 Å². The van der Waals surface area contributed by atoms with Crippen LogP contribution in [0, 0.1) is 5.82 Å².